The molecule has 0 radical (unpaired) electrons. The van der Waals surface area contributed by atoms with Gasteiger partial charge in [-0.3, -0.25) is 0 Å². The molecule has 0 unspecified atom stereocenters. The van der Waals surface area contributed by atoms with Crippen molar-refractivity contribution >= 4 is 16.8 Å². The number of fused-ring (bicyclic) bond motifs is 3. The average molecular weight is 394 g/mol. The van der Waals surface area contributed by atoms with E-state index < -0.39 is 6.10 Å². The van der Waals surface area contributed by atoms with Gasteiger partial charge >= 0.3 is 0 Å². The Morgan fingerprint density at radius 1 is 1.03 bits per heavy atom. The number of hydrogen-bond acceptors (Lipinski definition) is 7. The average Bonchev–Trinajstić information content (AvgIpc) is 3.46. The van der Waals surface area contributed by atoms with Gasteiger partial charge in [-0.1, -0.05) is 0 Å². The lowest BCUT2D eigenvalue weighted by Crippen LogP contribution is -2.42. The highest BCUT2D eigenvalue weighted by Crippen LogP contribution is 2.42. The summed E-state index contributed by atoms with van der Waals surface area (Å²) in [6, 6.07) is 9.42. The Labute approximate surface area is 167 Å². The van der Waals surface area contributed by atoms with E-state index in [-0.39, 0.29) is 12.9 Å². The second kappa shape index (κ2) is 6.56. The van der Waals surface area contributed by atoms with Gasteiger partial charge in [-0.15, -0.1) is 0 Å². The fourth-order valence-electron chi connectivity index (χ4n) is 4.95. The highest BCUT2D eigenvalue weighted by Gasteiger charge is 2.43. The van der Waals surface area contributed by atoms with Crippen LogP contribution in [0.25, 0.3) is 11.0 Å². The molecule has 1 N–H and O–H groups in total. The van der Waals surface area contributed by atoms with E-state index in [1.165, 1.54) is 0 Å². The molecule has 0 spiro atoms. The number of aliphatic hydroxyl groups excluding tert-OH is 1. The number of benzene rings is 1. The van der Waals surface area contributed by atoms with Gasteiger partial charge in [-0.05, 0) is 48.9 Å². The molecule has 1 aliphatic carbocycles. The van der Waals surface area contributed by atoms with Crippen molar-refractivity contribution in [2.75, 3.05) is 24.8 Å². The van der Waals surface area contributed by atoms with Crippen LogP contribution in [0, 0.1) is 11.8 Å². The van der Waals surface area contributed by atoms with Crippen LogP contribution in [0.1, 0.15) is 12.8 Å². The zero-order valence-corrected chi connectivity index (χ0v) is 15.9. The van der Waals surface area contributed by atoms with E-state index in [9.17, 15) is 5.11 Å². The third-order valence-electron chi connectivity index (χ3n) is 6.37. The Kier molecular flexibility index (Phi) is 3.84. The van der Waals surface area contributed by atoms with E-state index in [4.69, 9.17) is 18.6 Å². The van der Waals surface area contributed by atoms with E-state index in [0.717, 1.165) is 48.5 Å². The molecule has 3 aliphatic rings. The number of furan rings is 1. The first-order chi connectivity index (χ1) is 14.2. The number of pyridine rings is 1. The Bertz CT molecular complexity index is 1050. The SMILES string of the molecule is O[C@@H]1C[C@H]2CN(c3nccc4occc34)C[C@H]2C[C@H]1Oc1ccc2c(c1)OCO2. The maximum atomic E-state index is 10.7. The molecule has 7 heteroatoms. The summed E-state index contributed by atoms with van der Waals surface area (Å²) in [6.07, 6.45) is 4.34. The van der Waals surface area contributed by atoms with Crippen LogP contribution in [0.2, 0.25) is 0 Å². The Balaban J connectivity index is 1.19. The van der Waals surface area contributed by atoms with E-state index in [1.54, 1.807) is 12.5 Å². The highest BCUT2D eigenvalue weighted by atomic mass is 16.7. The number of ether oxygens (including phenoxy) is 3. The monoisotopic (exact) mass is 394 g/mol. The zero-order chi connectivity index (χ0) is 19.4. The standard InChI is InChI=1S/C22H22N2O5/c25-17-7-13-10-24(22-16-4-6-26-18(16)3-5-23-22)11-14(13)8-20(17)29-15-1-2-19-21(9-15)28-12-27-19/h1-6,9,13-14,17,20,25H,7-8,10-12H2/t13-,14+,17+,20+/m0/s1. The normalized spacial score (nSPS) is 28.0. The van der Waals surface area contributed by atoms with Crippen LogP contribution in [0.3, 0.4) is 0 Å². The summed E-state index contributed by atoms with van der Waals surface area (Å²) < 4.78 is 22.5. The van der Waals surface area contributed by atoms with Gasteiger partial charge in [-0.25, -0.2) is 4.98 Å². The first kappa shape index (κ1) is 17.0. The van der Waals surface area contributed by atoms with Gasteiger partial charge in [0.15, 0.2) is 11.5 Å². The maximum Gasteiger partial charge on any atom is 0.231 e. The number of anilines is 1. The van der Waals surface area contributed by atoms with E-state index in [1.807, 2.05) is 30.3 Å². The molecule has 0 amide bonds. The summed E-state index contributed by atoms with van der Waals surface area (Å²) in [4.78, 5) is 6.93. The molecule has 6 rings (SSSR count). The summed E-state index contributed by atoms with van der Waals surface area (Å²) in [5, 5.41) is 11.8. The van der Waals surface area contributed by atoms with Gasteiger partial charge in [0.1, 0.15) is 23.3 Å². The largest absolute Gasteiger partial charge is 0.488 e. The molecule has 4 heterocycles. The topological polar surface area (TPSA) is 77.2 Å². The third-order valence-corrected chi connectivity index (χ3v) is 6.37. The van der Waals surface area contributed by atoms with Crippen LogP contribution in [0.5, 0.6) is 17.2 Å². The second-order valence-corrected chi connectivity index (χ2v) is 8.10. The van der Waals surface area contributed by atoms with Crippen LogP contribution in [-0.4, -0.2) is 42.2 Å². The molecule has 0 bridgehead atoms. The first-order valence-electron chi connectivity index (χ1n) is 10.1. The molecular weight excluding hydrogens is 372 g/mol. The molecule has 1 aromatic carbocycles. The lowest BCUT2D eigenvalue weighted by atomic mass is 9.78. The zero-order valence-electron chi connectivity index (χ0n) is 15.9. The molecule has 2 fully saturated rings. The van der Waals surface area contributed by atoms with E-state index >= 15 is 0 Å². The molecule has 1 saturated heterocycles. The highest BCUT2D eigenvalue weighted by molar-refractivity contribution is 5.88. The van der Waals surface area contributed by atoms with Gasteiger partial charge in [0.05, 0.1) is 17.8 Å². The number of aromatic nitrogens is 1. The number of aliphatic hydroxyl groups is 1. The van der Waals surface area contributed by atoms with Gasteiger partial charge in [-0.2, -0.15) is 0 Å². The van der Waals surface area contributed by atoms with Crippen molar-refractivity contribution < 1.29 is 23.7 Å². The van der Waals surface area contributed by atoms with Gasteiger partial charge in [0.2, 0.25) is 6.79 Å². The van der Waals surface area contributed by atoms with Crippen molar-refractivity contribution in [3.8, 4) is 17.2 Å². The van der Waals surface area contributed by atoms with Gasteiger partial charge in [0.25, 0.3) is 0 Å². The molecule has 2 aromatic heterocycles. The van der Waals surface area contributed by atoms with E-state index in [2.05, 4.69) is 9.88 Å². The summed E-state index contributed by atoms with van der Waals surface area (Å²) in [5.41, 5.74) is 0.855. The lowest BCUT2D eigenvalue weighted by Gasteiger charge is -2.35. The third kappa shape index (κ3) is 2.88. The molecule has 4 atom stereocenters. The van der Waals surface area contributed by atoms with Gasteiger partial charge < -0.3 is 28.6 Å². The van der Waals surface area contributed by atoms with Crippen molar-refractivity contribution in [2.45, 2.75) is 25.0 Å². The fourth-order valence-corrected chi connectivity index (χ4v) is 4.95. The van der Waals surface area contributed by atoms with Crippen LogP contribution >= 0.6 is 0 Å². The minimum absolute atomic E-state index is 0.228. The Morgan fingerprint density at radius 3 is 2.83 bits per heavy atom. The summed E-state index contributed by atoms with van der Waals surface area (Å²) in [6.45, 7) is 2.05. The second-order valence-electron chi connectivity index (χ2n) is 8.10. The smallest absolute Gasteiger partial charge is 0.231 e. The molecule has 2 aliphatic heterocycles. The molecular formula is C22H22N2O5. The lowest BCUT2D eigenvalue weighted by molar-refractivity contribution is -0.0232. The summed E-state index contributed by atoms with van der Waals surface area (Å²) in [5.74, 6) is 3.99. The minimum atomic E-state index is -0.487. The predicted octanol–water partition coefficient (Wildman–Crippen LogP) is 3.21. The summed E-state index contributed by atoms with van der Waals surface area (Å²) in [7, 11) is 0. The van der Waals surface area contributed by atoms with Gasteiger partial charge in [0, 0.05) is 25.4 Å². The quantitative estimate of drug-likeness (QED) is 0.731. The molecule has 29 heavy (non-hydrogen) atoms. The molecule has 3 aromatic rings. The maximum absolute atomic E-state index is 10.7. The van der Waals surface area contributed by atoms with Crippen LogP contribution < -0.4 is 19.1 Å². The number of rotatable bonds is 3. The minimum Gasteiger partial charge on any atom is -0.488 e. The van der Waals surface area contributed by atoms with Crippen LogP contribution in [-0.2, 0) is 0 Å². The van der Waals surface area contributed by atoms with Crippen molar-refractivity contribution in [3.05, 3.63) is 42.8 Å². The van der Waals surface area contributed by atoms with Crippen LogP contribution in [0.4, 0.5) is 5.82 Å². The molecule has 7 nitrogen and oxygen atoms in total. The fraction of sp³-hybridized carbons (Fsp3) is 0.409. The molecule has 1 saturated carbocycles. The Morgan fingerprint density at radius 2 is 1.90 bits per heavy atom. The van der Waals surface area contributed by atoms with E-state index in [0.29, 0.717) is 23.3 Å². The predicted molar refractivity (Wildman–Crippen MR) is 105 cm³/mol. The molecule has 150 valence electrons. The number of hydrogen-bond donors (Lipinski definition) is 1. The summed E-state index contributed by atoms with van der Waals surface area (Å²) >= 11 is 0. The first-order valence-corrected chi connectivity index (χ1v) is 10.1. The van der Waals surface area contributed by atoms with Crippen molar-refractivity contribution in [2.24, 2.45) is 11.8 Å². The van der Waals surface area contributed by atoms with Crippen molar-refractivity contribution in [1.29, 1.82) is 0 Å². The van der Waals surface area contributed by atoms with Crippen molar-refractivity contribution in [1.82, 2.24) is 4.98 Å². The Hall–Kier alpha value is -2.93. The van der Waals surface area contributed by atoms with Crippen molar-refractivity contribution in [3.63, 3.8) is 0 Å². The number of nitrogens with zero attached hydrogens (tertiary/aromatic N) is 2. The van der Waals surface area contributed by atoms with Crippen LogP contribution in [0.15, 0.2) is 47.2 Å².